The van der Waals surface area contributed by atoms with Gasteiger partial charge in [-0.25, -0.2) is 4.39 Å². The third kappa shape index (κ3) is 7.41. The van der Waals surface area contributed by atoms with E-state index < -0.39 is 23.7 Å². The largest absolute Gasteiger partial charge is 0.772 e. The number of carbonyl (C=O) groups is 1. The second kappa shape index (κ2) is 6.23. The molecule has 6 heteroatoms. The van der Waals surface area contributed by atoms with Crippen LogP contribution in [0.4, 0.5) is 4.39 Å². The van der Waals surface area contributed by atoms with Crippen molar-refractivity contribution in [2.75, 3.05) is 19.0 Å². The van der Waals surface area contributed by atoms with Crippen LogP contribution >= 0.6 is 0 Å². The van der Waals surface area contributed by atoms with E-state index in [1.54, 1.807) is 0 Å². The fraction of sp³-hybridized carbons (Fsp3) is 0.800. The first-order valence-electron chi connectivity index (χ1n) is 3.05. The maximum absolute atomic E-state index is 11.4. The normalized spacial score (nSPS) is 12.5. The van der Waals surface area contributed by atoms with Crippen molar-refractivity contribution in [3.63, 3.8) is 0 Å². The molecule has 1 atom stereocenters. The smallest absolute Gasteiger partial charge is 0.251 e. The lowest BCUT2D eigenvalue weighted by molar-refractivity contribution is -0.121. The highest BCUT2D eigenvalue weighted by Crippen LogP contribution is 1.80. The Morgan fingerprint density at radius 1 is 1.64 bits per heavy atom. The molecule has 1 N–H and O–H groups in total. The molecule has 0 saturated heterocycles. The Balaban J connectivity index is 3.14. The van der Waals surface area contributed by atoms with Crippen molar-refractivity contribution in [2.45, 2.75) is 6.42 Å². The Labute approximate surface area is 66.5 Å². The van der Waals surface area contributed by atoms with Crippen molar-refractivity contribution in [1.29, 1.82) is 0 Å². The van der Waals surface area contributed by atoms with Gasteiger partial charge in [0.25, 0.3) is 5.91 Å². The summed E-state index contributed by atoms with van der Waals surface area (Å²) >= 11 is -2.08. The maximum atomic E-state index is 11.4. The fourth-order valence-electron chi connectivity index (χ4n) is 0.465. The number of hydrogen-bond acceptors (Lipinski definition) is 3. The monoisotopic (exact) mass is 182 g/mol. The molecule has 0 bridgehead atoms. The van der Waals surface area contributed by atoms with E-state index in [0.29, 0.717) is 6.42 Å². The van der Waals surface area contributed by atoms with Crippen LogP contribution in [0.5, 0.6) is 0 Å². The van der Waals surface area contributed by atoms with Crippen LogP contribution in [-0.2, 0) is 15.9 Å². The second-order valence-corrected chi connectivity index (χ2v) is 2.86. The molecule has 0 fully saturated rings. The third-order valence-corrected chi connectivity index (χ3v) is 1.55. The zero-order chi connectivity index (χ0) is 8.69. The van der Waals surface area contributed by atoms with Gasteiger partial charge in [-0.3, -0.25) is 9.00 Å². The van der Waals surface area contributed by atoms with E-state index in [4.69, 9.17) is 0 Å². The number of amides is 1. The van der Waals surface area contributed by atoms with Crippen molar-refractivity contribution >= 4 is 17.0 Å². The van der Waals surface area contributed by atoms with Gasteiger partial charge >= 0.3 is 0 Å². The van der Waals surface area contributed by atoms with Gasteiger partial charge < -0.3 is 9.87 Å². The molecule has 0 aliphatic rings. The first kappa shape index (κ1) is 10.5. The summed E-state index contributed by atoms with van der Waals surface area (Å²) in [5.74, 6) is -0.714. The highest BCUT2D eigenvalue weighted by atomic mass is 32.2. The molecule has 0 aromatic rings. The number of alkyl halides is 1. The molecule has 1 unspecified atom stereocenters. The van der Waals surface area contributed by atoms with Crippen LogP contribution in [0.15, 0.2) is 0 Å². The Morgan fingerprint density at radius 2 is 2.27 bits per heavy atom. The van der Waals surface area contributed by atoms with Crippen LogP contribution in [0.25, 0.3) is 0 Å². The maximum Gasteiger partial charge on any atom is 0.251 e. The molecule has 0 saturated carbocycles. The van der Waals surface area contributed by atoms with E-state index in [2.05, 4.69) is 5.32 Å². The lowest BCUT2D eigenvalue weighted by atomic mass is 10.5. The molecule has 0 aliphatic heterocycles. The summed E-state index contributed by atoms with van der Waals surface area (Å²) < 4.78 is 31.3. The number of rotatable bonds is 5. The Bertz CT molecular complexity index is 153. The van der Waals surface area contributed by atoms with E-state index in [0.717, 1.165) is 0 Å². The Morgan fingerprint density at radius 3 is 2.73 bits per heavy atom. The second-order valence-electron chi connectivity index (χ2n) is 1.85. The molecule has 0 spiro atoms. The van der Waals surface area contributed by atoms with Gasteiger partial charge in [-0.1, -0.05) is 11.1 Å². The number of halogens is 1. The first-order chi connectivity index (χ1) is 5.16. The molecule has 0 heterocycles. The van der Waals surface area contributed by atoms with Crippen molar-refractivity contribution in [3.05, 3.63) is 0 Å². The summed E-state index contributed by atoms with van der Waals surface area (Å²) in [5, 5.41) is 2.20. The van der Waals surface area contributed by atoms with Crippen molar-refractivity contribution in [2.24, 2.45) is 0 Å². The highest BCUT2D eigenvalue weighted by Gasteiger charge is 1.96. The van der Waals surface area contributed by atoms with Crippen LogP contribution in [0, 0.1) is 0 Å². The molecule has 0 aliphatic carbocycles. The van der Waals surface area contributed by atoms with Crippen LogP contribution in [0.3, 0.4) is 0 Å². The molecule has 0 rings (SSSR count). The topological polar surface area (TPSA) is 69.2 Å². The van der Waals surface area contributed by atoms with Crippen LogP contribution in [-0.4, -0.2) is 33.6 Å². The zero-order valence-corrected chi connectivity index (χ0v) is 6.66. The minimum absolute atomic E-state index is 0.00738. The number of nitrogens with one attached hydrogen (secondary N) is 1. The summed E-state index contributed by atoms with van der Waals surface area (Å²) in [6, 6.07) is 0. The number of carbonyl (C=O) groups excluding carboxylic acids is 1. The van der Waals surface area contributed by atoms with Gasteiger partial charge in [0.1, 0.15) is 0 Å². The van der Waals surface area contributed by atoms with Gasteiger partial charge in [0.05, 0.1) is 0 Å². The van der Waals surface area contributed by atoms with Gasteiger partial charge in [0, 0.05) is 12.3 Å². The minimum Gasteiger partial charge on any atom is -0.772 e. The predicted octanol–water partition coefficient (Wildman–Crippen LogP) is -0.659. The van der Waals surface area contributed by atoms with Crippen molar-refractivity contribution in [3.8, 4) is 0 Å². The molecule has 4 nitrogen and oxygen atoms in total. The Hall–Kier alpha value is -0.490. The third-order valence-electron chi connectivity index (χ3n) is 0.931. The summed E-state index contributed by atoms with van der Waals surface area (Å²) in [7, 11) is 0. The van der Waals surface area contributed by atoms with Crippen LogP contribution in [0.2, 0.25) is 0 Å². The molecule has 0 radical (unpaired) electrons. The lowest BCUT2D eigenvalue weighted by Gasteiger charge is -2.04. The summed E-state index contributed by atoms with van der Waals surface area (Å²) in [5.41, 5.74) is 0. The van der Waals surface area contributed by atoms with E-state index in [1.165, 1.54) is 0 Å². The lowest BCUT2D eigenvalue weighted by Crippen LogP contribution is -2.26. The summed E-state index contributed by atoms with van der Waals surface area (Å²) in [4.78, 5) is 10.2. The van der Waals surface area contributed by atoms with Crippen LogP contribution in [0.1, 0.15) is 6.42 Å². The van der Waals surface area contributed by atoms with Gasteiger partial charge in [-0.05, 0) is 6.42 Å². The fourth-order valence-corrected chi connectivity index (χ4v) is 0.845. The zero-order valence-electron chi connectivity index (χ0n) is 5.84. The highest BCUT2D eigenvalue weighted by molar-refractivity contribution is 7.79. The average Bonchev–Trinajstić information content (AvgIpc) is 1.97. The number of hydrogen-bond donors (Lipinski definition) is 1. The predicted molar refractivity (Wildman–Crippen MR) is 37.4 cm³/mol. The minimum atomic E-state index is -2.08. The van der Waals surface area contributed by atoms with Crippen LogP contribution < -0.4 is 5.32 Å². The van der Waals surface area contributed by atoms with E-state index in [9.17, 15) is 17.9 Å². The molecule has 1 amide bonds. The first-order valence-corrected chi connectivity index (χ1v) is 4.29. The van der Waals surface area contributed by atoms with Crippen molar-refractivity contribution in [1.82, 2.24) is 5.32 Å². The molecule has 66 valence electrons. The quantitative estimate of drug-likeness (QED) is 0.453. The molecule has 0 aromatic heterocycles. The van der Waals surface area contributed by atoms with E-state index >= 15 is 0 Å². The summed E-state index contributed by atoms with van der Waals surface area (Å²) in [6.07, 6.45) is 0.321. The van der Waals surface area contributed by atoms with E-state index in [-0.39, 0.29) is 12.3 Å². The summed E-state index contributed by atoms with van der Waals surface area (Å²) in [6.45, 7) is -0.850. The SMILES string of the molecule is O=C(CF)NCCCS(=O)[O-]. The standard InChI is InChI=1S/C5H10FNO3S/c6-4-5(8)7-2-1-3-11(9)10/h1-4H2,(H,7,8)(H,9,10)/p-1. The average molecular weight is 182 g/mol. The molecule has 11 heavy (non-hydrogen) atoms. The van der Waals surface area contributed by atoms with Gasteiger partial charge in [0.15, 0.2) is 6.67 Å². The van der Waals surface area contributed by atoms with E-state index in [1.807, 2.05) is 0 Å². The molecule has 0 aromatic carbocycles. The van der Waals surface area contributed by atoms with Gasteiger partial charge in [0.2, 0.25) is 0 Å². The Kier molecular flexibility index (Phi) is 5.96. The molecular weight excluding hydrogens is 173 g/mol. The molecular formula is C5H9FNO3S-. The van der Waals surface area contributed by atoms with Gasteiger partial charge in [-0.15, -0.1) is 0 Å². The van der Waals surface area contributed by atoms with Crippen molar-refractivity contribution < 1.29 is 17.9 Å². The van der Waals surface area contributed by atoms with Gasteiger partial charge in [-0.2, -0.15) is 0 Å².